The molecule has 2 aromatic heterocycles. The fourth-order valence-corrected chi connectivity index (χ4v) is 4.04. The van der Waals surface area contributed by atoms with Crippen LogP contribution >= 0.6 is 0 Å². The van der Waals surface area contributed by atoms with Gasteiger partial charge in [-0.15, -0.1) is 0 Å². The van der Waals surface area contributed by atoms with Crippen LogP contribution in [0.2, 0.25) is 0 Å². The average Bonchev–Trinajstić information content (AvgIpc) is 3.28. The van der Waals surface area contributed by atoms with Crippen molar-refractivity contribution in [3.05, 3.63) is 84.6 Å². The summed E-state index contributed by atoms with van der Waals surface area (Å²) in [5.74, 6) is 0.491. The molecule has 3 heterocycles. The van der Waals surface area contributed by atoms with Crippen LogP contribution in [0.5, 0.6) is 5.75 Å². The van der Waals surface area contributed by atoms with Gasteiger partial charge in [-0.2, -0.15) is 0 Å². The van der Waals surface area contributed by atoms with Crippen LogP contribution in [-0.2, 0) is 0 Å². The first-order chi connectivity index (χ1) is 15.6. The summed E-state index contributed by atoms with van der Waals surface area (Å²) in [5.41, 5.74) is 4.06. The molecule has 0 aliphatic carbocycles. The molecule has 0 N–H and O–H groups in total. The molecular formula is C25H23FN4O2. The van der Waals surface area contributed by atoms with E-state index >= 15 is 0 Å². The number of nitrogens with zero attached hydrogens (tertiary/aromatic N) is 4. The number of hydrogen-bond acceptors (Lipinski definition) is 4. The summed E-state index contributed by atoms with van der Waals surface area (Å²) < 4.78 is 20.4. The molecule has 0 unspecified atom stereocenters. The van der Waals surface area contributed by atoms with Gasteiger partial charge in [0.05, 0.1) is 7.11 Å². The number of aromatic nitrogens is 2. The number of carbonyl (C=O) groups is 1. The van der Waals surface area contributed by atoms with E-state index in [0.717, 1.165) is 35.7 Å². The van der Waals surface area contributed by atoms with Crippen molar-refractivity contribution in [3.63, 3.8) is 0 Å². The molecule has 162 valence electrons. The van der Waals surface area contributed by atoms with E-state index in [1.807, 2.05) is 45.8 Å². The summed E-state index contributed by atoms with van der Waals surface area (Å²) in [6.45, 7) is 2.76. The van der Waals surface area contributed by atoms with E-state index in [0.29, 0.717) is 24.4 Å². The standard InChI is InChI=1S/C25H23FN4O2/c1-32-22-4-2-3-21(15-22)28-11-13-29(14-12-28)25(31)23-17-30-16-19(7-10-24(30)27-23)18-5-8-20(26)9-6-18/h2-10,15-17H,11-14H2,1H3. The second-order valence-corrected chi connectivity index (χ2v) is 7.80. The second-order valence-electron chi connectivity index (χ2n) is 7.80. The number of carbonyl (C=O) groups excluding carboxylic acids is 1. The molecule has 0 bridgehead atoms. The number of amides is 1. The molecule has 0 atom stereocenters. The van der Waals surface area contributed by atoms with Crippen LogP contribution in [0.1, 0.15) is 10.5 Å². The molecule has 0 saturated carbocycles. The predicted octanol–water partition coefficient (Wildman–Crippen LogP) is 4.11. The minimum Gasteiger partial charge on any atom is -0.497 e. The van der Waals surface area contributed by atoms with Gasteiger partial charge in [0.15, 0.2) is 0 Å². The quantitative estimate of drug-likeness (QED) is 0.489. The van der Waals surface area contributed by atoms with Gasteiger partial charge in [0.25, 0.3) is 5.91 Å². The van der Waals surface area contributed by atoms with E-state index < -0.39 is 0 Å². The Morgan fingerprint density at radius 2 is 1.69 bits per heavy atom. The van der Waals surface area contributed by atoms with E-state index in [2.05, 4.69) is 16.0 Å². The van der Waals surface area contributed by atoms with Crippen molar-refractivity contribution in [1.29, 1.82) is 0 Å². The molecule has 1 aliphatic heterocycles. The van der Waals surface area contributed by atoms with Gasteiger partial charge in [-0.05, 0) is 47.5 Å². The van der Waals surface area contributed by atoms with Crippen LogP contribution in [0.15, 0.2) is 73.1 Å². The topological polar surface area (TPSA) is 50.1 Å². The summed E-state index contributed by atoms with van der Waals surface area (Å²) >= 11 is 0. The van der Waals surface area contributed by atoms with Crippen molar-refractivity contribution in [2.24, 2.45) is 0 Å². The summed E-state index contributed by atoms with van der Waals surface area (Å²) in [6.07, 6.45) is 3.67. The van der Waals surface area contributed by atoms with Gasteiger partial charge >= 0.3 is 0 Å². The number of anilines is 1. The fraction of sp³-hybridized carbons (Fsp3) is 0.200. The van der Waals surface area contributed by atoms with Gasteiger partial charge in [-0.1, -0.05) is 18.2 Å². The Morgan fingerprint density at radius 3 is 2.44 bits per heavy atom. The number of ether oxygens (including phenoxy) is 1. The molecule has 32 heavy (non-hydrogen) atoms. The first-order valence-electron chi connectivity index (χ1n) is 10.5. The molecule has 7 heteroatoms. The Hall–Kier alpha value is -3.87. The van der Waals surface area contributed by atoms with Gasteiger partial charge in [0.1, 0.15) is 22.9 Å². The summed E-state index contributed by atoms with van der Waals surface area (Å²) in [7, 11) is 1.66. The molecule has 4 aromatic rings. The Kier molecular flexibility index (Phi) is 5.23. The van der Waals surface area contributed by atoms with Crippen LogP contribution in [0, 0.1) is 5.82 Å². The van der Waals surface area contributed by atoms with Crippen LogP contribution in [0.3, 0.4) is 0 Å². The zero-order valence-electron chi connectivity index (χ0n) is 17.7. The number of benzene rings is 2. The highest BCUT2D eigenvalue weighted by molar-refractivity contribution is 5.93. The smallest absolute Gasteiger partial charge is 0.274 e. The lowest BCUT2D eigenvalue weighted by atomic mass is 10.1. The predicted molar refractivity (Wildman–Crippen MR) is 122 cm³/mol. The second kappa shape index (κ2) is 8.34. The van der Waals surface area contributed by atoms with E-state index in [4.69, 9.17) is 4.74 Å². The van der Waals surface area contributed by atoms with Crippen molar-refractivity contribution < 1.29 is 13.9 Å². The maximum Gasteiger partial charge on any atom is 0.274 e. The van der Waals surface area contributed by atoms with Crippen molar-refractivity contribution in [3.8, 4) is 16.9 Å². The Labute approximate surface area is 185 Å². The highest BCUT2D eigenvalue weighted by atomic mass is 19.1. The van der Waals surface area contributed by atoms with Crippen molar-refractivity contribution in [2.45, 2.75) is 0 Å². The van der Waals surface area contributed by atoms with Crippen LogP contribution in [-0.4, -0.2) is 53.5 Å². The summed E-state index contributed by atoms with van der Waals surface area (Å²) in [6, 6.07) is 18.1. The zero-order chi connectivity index (χ0) is 22.1. The van der Waals surface area contributed by atoms with E-state index in [1.54, 1.807) is 25.4 Å². The lowest BCUT2D eigenvalue weighted by molar-refractivity contribution is 0.0741. The van der Waals surface area contributed by atoms with Gasteiger partial charge in [-0.3, -0.25) is 4.79 Å². The Morgan fingerprint density at radius 1 is 0.938 bits per heavy atom. The number of halogens is 1. The molecule has 0 radical (unpaired) electrons. The average molecular weight is 430 g/mol. The molecule has 1 fully saturated rings. The largest absolute Gasteiger partial charge is 0.497 e. The molecule has 0 spiro atoms. The van der Waals surface area contributed by atoms with E-state index in [1.165, 1.54) is 12.1 Å². The van der Waals surface area contributed by atoms with E-state index in [9.17, 15) is 9.18 Å². The normalized spacial score (nSPS) is 14.1. The maximum absolute atomic E-state index is 13.2. The van der Waals surface area contributed by atoms with Gasteiger partial charge < -0.3 is 18.9 Å². The molecule has 1 saturated heterocycles. The number of rotatable bonds is 4. The highest BCUT2D eigenvalue weighted by Crippen LogP contribution is 2.23. The van der Waals surface area contributed by atoms with E-state index in [-0.39, 0.29) is 11.7 Å². The third-order valence-corrected chi connectivity index (χ3v) is 5.83. The van der Waals surface area contributed by atoms with Gasteiger partial charge in [-0.25, -0.2) is 9.37 Å². The third-order valence-electron chi connectivity index (χ3n) is 5.83. The lowest BCUT2D eigenvalue weighted by Gasteiger charge is -2.35. The summed E-state index contributed by atoms with van der Waals surface area (Å²) in [5, 5.41) is 0. The van der Waals surface area contributed by atoms with Crippen molar-refractivity contribution in [1.82, 2.24) is 14.3 Å². The summed E-state index contributed by atoms with van der Waals surface area (Å²) in [4.78, 5) is 21.7. The van der Waals surface area contributed by atoms with Crippen LogP contribution < -0.4 is 9.64 Å². The lowest BCUT2D eigenvalue weighted by Crippen LogP contribution is -2.48. The number of fused-ring (bicyclic) bond motifs is 1. The molecule has 5 rings (SSSR count). The van der Waals surface area contributed by atoms with Crippen molar-refractivity contribution in [2.75, 3.05) is 38.2 Å². The number of methoxy groups -OCH3 is 1. The first-order valence-corrected chi connectivity index (χ1v) is 10.5. The third kappa shape index (κ3) is 3.89. The van der Waals surface area contributed by atoms with Crippen LogP contribution in [0.25, 0.3) is 16.8 Å². The molecule has 2 aromatic carbocycles. The minimum atomic E-state index is -0.267. The molecule has 6 nitrogen and oxygen atoms in total. The fourth-order valence-electron chi connectivity index (χ4n) is 4.04. The first kappa shape index (κ1) is 20.1. The zero-order valence-corrected chi connectivity index (χ0v) is 17.7. The number of hydrogen-bond donors (Lipinski definition) is 0. The SMILES string of the molecule is COc1cccc(N2CCN(C(=O)c3cn4cc(-c5ccc(F)cc5)ccc4n3)CC2)c1. The monoisotopic (exact) mass is 430 g/mol. The molecular weight excluding hydrogens is 407 g/mol. The van der Waals surface area contributed by atoms with Crippen molar-refractivity contribution >= 4 is 17.2 Å². The van der Waals surface area contributed by atoms with Gasteiger partial charge in [0, 0.05) is 50.3 Å². The van der Waals surface area contributed by atoms with Gasteiger partial charge in [0.2, 0.25) is 0 Å². The number of pyridine rings is 1. The highest BCUT2D eigenvalue weighted by Gasteiger charge is 2.24. The Bertz CT molecular complexity index is 1260. The Balaban J connectivity index is 1.30. The molecule has 1 aliphatic rings. The minimum absolute atomic E-state index is 0.0673. The van der Waals surface area contributed by atoms with Crippen LogP contribution in [0.4, 0.5) is 10.1 Å². The number of piperazine rings is 1. The number of imidazole rings is 1. The molecule has 1 amide bonds. The maximum atomic E-state index is 13.2.